The summed E-state index contributed by atoms with van der Waals surface area (Å²) >= 11 is 0. The van der Waals surface area contributed by atoms with E-state index in [2.05, 4.69) is 110 Å². The van der Waals surface area contributed by atoms with Crippen molar-refractivity contribution in [1.29, 1.82) is 0 Å². The van der Waals surface area contributed by atoms with Crippen LogP contribution in [0.3, 0.4) is 0 Å². The molecule has 0 amide bonds. The summed E-state index contributed by atoms with van der Waals surface area (Å²) in [5.41, 5.74) is 4.85. The van der Waals surface area contributed by atoms with Crippen molar-refractivity contribution in [2.24, 2.45) is 0 Å². The van der Waals surface area contributed by atoms with Crippen molar-refractivity contribution in [2.75, 3.05) is 0 Å². The second-order valence-electron chi connectivity index (χ2n) is 7.02. The zero-order chi connectivity index (χ0) is 16.1. The Morgan fingerprint density at radius 1 is 0.591 bits per heavy atom. The minimum absolute atomic E-state index is 1.13. The van der Waals surface area contributed by atoms with Crippen LogP contribution in [0.5, 0.6) is 0 Å². The topological polar surface area (TPSA) is 0 Å². The van der Waals surface area contributed by atoms with Crippen molar-refractivity contribution < 1.29 is 0 Å². The lowest BCUT2D eigenvalue weighted by atomic mass is 10.4. The van der Waals surface area contributed by atoms with Crippen molar-refractivity contribution in [1.82, 2.24) is 0 Å². The third kappa shape index (κ3) is 4.42. The largest absolute Gasteiger partial charge is 0.138 e. The van der Waals surface area contributed by atoms with E-state index in [0.717, 1.165) is 0 Å². The highest BCUT2D eigenvalue weighted by Gasteiger charge is 2.28. The molecule has 0 N–H and O–H groups in total. The first-order chi connectivity index (χ1) is 10.4. The van der Waals surface area contributed by atoms with E-state index in [1.165, 1.54) is 10.4 Å². The average Bonchev–Trinajstić information content (AvgIpc) is 2.52. The quantitative estimate of drug-likeness (QED) is 0.565. The second kappa shape index (κ2) is 7.08. The molecular weight excluding hydrogens is 296 g/mol. The summed E-state index contributed by atoms with van der Waals surface area (Å²) in [4.78, 5) is 0. The number of hydrogen-bond donors (Lipinski definition) is 0. The van der Waals surface area contributed by atoms with Crippen LogP contribution in [-0.2, 0) is 0 Å². The lowest BCUT2D eigenvalue weighted by Crippen LogP contribution is -2.54. The summed E-state index contributed by atoms with van der Waals surface area (Å²) in [6, 6.07) is 21.9. The summed E-state index contributed by atoms with van der Waals surface area (Å²) in [6.45, 7) is 9.52. The molecule has 0 spiro atoms. The van der Waals surface area contributed by atoms with Crippen LogP contribution >= 0.6 is 0 Å². The Bertz CT molecular complexity index is 595. The van der Waals surface area contributed by atoms with Crippen molar-refractivity contribution >= 4 is 26.5 Å². The van der Waals surface area contributed by atoms with Crippen molar-refractivity contribution in [3.05, 3.63) is 84.2 Å². The molecule has 0 fully saturated rings. The van der Waals surface area contributed by atoms with Gasteiger partial charge in [0.05, 0.1) is 8.07 Å². The summed E-state index contributed by atoms with van der Waals surface area (Å²) < 4.78 is 0. The highest BCUT2D eigenvalue weighted by molar-refractivity contribution is 7.05. The SMILES string of the molecule is C[Si](C)(C)/C=C/C=C/[Si](C)(c1ccccc1)c1ccccc1. The molecule has 0 saturated heterocycles. The Labute approximate surface area is 137 Å². The van der Waals surface area contributed by atoms with Gasteiger partial charge in [-0.1, -0.05) is 121 Å². The molecule has 0 aliphatic heterocycles. The van der Waals surface area contributed by atoms with Gasteiger partial charge in [0.25, 0.3) is 0 Å². The van der Waals surface area contributed by atoms with E-state index in [1.807, 2.05) is 0 Å². The fourth-order valence-electron chi connectivity index (χ4n) is 2.52. The Hall–Kier alpha value is -1.65. The van der Waals surface area contributed by atoms with E-state index >= 15 is 0 Å². The average molecular weight is 323 g/mol. The Morgan fingerprint density at radius 3 is 1.41 bits per heavy atom. The van der Waals surface area contributed by atoms with Gasteiger partial charge in [0.2, 0.25) is 0 Å². The van der Waals surface area contributed by atoms with Gasteiger partial charge < -0.3 is 0 Å². The first kappa shape index (κ1) is 16.7. The maximum atomic E-state index is 2.45. The zero-order valence-corrected chi connectivity index (χ0v) is 16.1. The lowest BCUT2D eigenvalue weighted by molar-refractivity contribution is 1.69. The molecule has 2 aromatic rings. The van der Waals surface area contributed by atoms with Crippen LogP contribution in [0.15, 0.2) is 84.2 Å². The predicted octanol–water partition coefficient (Wildman–Crippen LogP) is 4.41. The van der Waals surface area contributed by atoms with Crippen LogP contribution in [0.4, 0.5) is 0 Å². The van der Waals surface area contributed by atoms with Crippen molar-refractivity contribution in [2.45, 2.75) is 26.2 Å². The molecule has 0 saturated carbocycles. The van der Waals surface area contributed by atoms with E-state index < -0.39 is 16.1 Å². The van der Waals surface area contributed by atoms with Crippen molar-refractivity contribution in [3.8, 4) is 0 Å². The molecule has 0 radical (unpaired) electrons. The third-order valence-electron chi connectivity index (χ3n) is 3.88. The molecule has 0 bridgehead atoms. The van der Waals surface area contributed by atoms with E-state index in [0.29, 0.717) is 0 Å². The minimum Gasteiger partial charge on any atom is -0.0950 e. The molecule has 0 nitrogen and oxygen atoms in total. The maximum Gasteiger partial charge on any atom is 0.138 e. The molecule has 114 valence electrons. The van der Waals surface area contributed by atoms with E-state index in [4.69, 9.17) is 0 Å². The standard InChI is InChI=1S/C20H26Si2/c1-21(2,3)17-11-12-18-22(4,19-13-7-5-8-14-19)20-15-9-6-10-16-20/h5-18H,1-4H3/b17-11+,18-12+. The number of allylic oxidation sites excluding steroid dienone is 2. The molecule has 2 aromatic carbocycles. The lowest BCUT2D eigenvalue weighted by Gasteiger charge is -2.25. The van der Waals surface area contributed by atoms with Crippen LogP contribution in [0, 0.1) is 0 Å². The van der Waals surface area contributed by atoms with Gasteiger partial charge in [-0.3, -0.25) is 0 Å². The van der Waals surface area contributed by atoms with Gasteiger partial charge in [-0.25, -0.2) is 0 Å². The second-order valence-corrected chi connectivity index (χ2v) is 16.0. The highest BCUT2D eigenvalue weighted by Crippen LogP contribution is 2.08. The number of hydrogen-bond acceptors (Lipinski definition) is 0. The molecule has 0 aliphatic rings. The van der Waals surface area contributed by atoms with E-state index in [1.54, 1.807) is 0 Å². The monoisotopic (exact) mass is 322 g/mol. The molecule has 0 aromatic heterocycles. The highest BCUT2D eigenvalue weighted by atomic mass is 28.3. The summed E-state index contributed by atoms with van der Waals surface area (Å²) in [6.07, 6.45) is 4.52. The van der Waals surface area contributed by atoms with Crippen molar-refractivity contribution in [3.63, 3.8) is 0 Å². The molecule has 0 heterocycles. The van der Waals surface area contributed by atoms with E-state index in [9.17, 15) is 0 Å². The summed E-state index contributed by atoms with van der Waals surface area (Å²) in [7, 11) is -2.94. The van der Waals surface area contributed by atoms with Gasteiger partial charge in [-0.2, -0.15) is 0 Å². The van der Waals surface area contributed by atoms with Crippen LogP contribution in [0.25, 0.3) is 0 Å². The molecular formula is C20H26Si2. The van der Waals surface area contributed by atoms with Crippen LogP contribution in [-0.4, -0.2) is 16.1 Å². The normalized spacial score (nSPS) is 13.1. The zero-order valence-electron chi connectivity index (χ0n) is 14.1. The molecule has 2 rings (SSSR count). The first-order valence-corrected chi connectivity index (χ1v) is 14.1. The van der Waals surface area contributed by atoms with Crippen LogP contribution in [0.2, 0.25) is 26.2 Å². The molecule has 22 heavy (non-hydrogen) atoms. The molecule has 2 heteroatoms. The van der Waals surface area contributed by atoms with Gasteiger partial charge in [0.15, 0.2) is 0 Å². The van der Waals surface area contributed by atoms with Crippen LogP contribution < -0.4 is 10.4 Å². The molecule has 0 unspecified atom stereocenters. The minimum atomic E-state index is -1.81. The van der Waals surface area contributed by atoms with E-state index in [-0.39, 0.29) is 0 Å². The summed E-state index contributed by atoms with van der Waals surface area (Å²) in [5, 5.41) is 2.91. The third-order valence-corrected chi connectivity index (χ3v) is 9.00. The van der Waals surface area contributed by atoms with Gasteiger partial charge in [-0.05, 0) is 0 Å². The fraction of sp³-hybridized carbons (Fsp3) is 0.200. The molecule has 0 aliphatic carbocycles. The molecule has 0 atom stereocenters. The smallest absolute Gasteiger partial charge is 0.0950 e. The Balaban J connectivity index is 2.39. The van der Waals surface area contributed by atoms with Crippen LogP contribution in [0.1, 0.15) is 0 Å². The predicted molar refractivity (Wildman–Crippen MR) is 105 cm³/mol. The van der Waals surface area contributed by atoms with Gasteiger partial charge in [0, 0.05) is 0 Å². The fourth-order valence-corrected chi connectivity index (χ4v) is 6.19. The van der Waals surface area contributed by atoms with Gasteiger partial charge in [0.1, 0.15) is 8.07 Å². The summed E-state index contributed by atoms with van der Waals surface area (Å²) in [5.74, 6) is 0. The first-order valence-electron chi connectivity index (χ1n) is 7.90. The number of benzene rings is 2. The maximum absolute atomic E-state index is 2.45. The number of rotatable bonds is 5. The Morgan fingerprint density at radius 2 is 1.00 bits per heavy atom. The Kier molecular flexibility index (Phi) is 5.38. The van der Waals surface area contributed by atoms with Gasteiger partial charge in [-0.15, -0.1) is 0 Å². The van der Waals surface area contributed by atoms with Gasteiger partial charge >= 0.3 is 0 Å².